The number of rotatable bonds is 6. The van der Waals surface area contributed by atoms with Crippen molar-refractivity contribution in [2.45, 2.75) is 26.3 Å². The van der Waals surface area contributed by atoms with Crippen LogP contribution in [0.5, 0.6) is 0 Å². The van der Waals surface area contributed by atoms with Crippen molar-refractivity contribution in [3.05, 3.63) is 27.4 Å². The molecule has 0 fully saturated rings. The van der Waals surface area contributed by atoms with Crippen LogP contribution in [0.25, 0.3) is 6.08 Å². The van der Waals surface area contributed by atoms with E-state index < -0.39 is 0 Å². The van der Waals surface area contributed by atoms with Gasteiger partial charge in [-0.3, -0.25) is 4.79 Å². The van der Waals surface area contributed by atoms with Gasteiger partial charge in [-0.1, -0.05) is 11.6 Å². The average Bonchev–Trinajstić information content (AvgIpc) is 2.72. The molecule has 0 aliphatic carbocycles. The van der Waals surface area contributed by atoms with Crippen molar-refractivity contribution in [3.8, 4) is 0 Å². The van der Waals surface area contributed by atoms with Crippen molar-refractivity contribution < 1.29 is 9.90 Å². The molecule has 5 heteroatoms. The van der Waals surface area contributed by atoms with E-state index >= 15 is 0 Å². The summed E-state index contributed by atoms with van der Waals surface area (Å²) in [6, 6.07) is 3.81. The fraction of sp³-hybridized carbons (Fsp3) is 0.462. The Morgan fingerprint density at radius 2 is 2.28 bits per heavy atom. The van der Waals surface area contributed by atoms with E-state index in [1.165, 1.54) is 11.3 Å². The van der Waals surface area contributed by atoms with Crippen LogP contribution in [0, 0.1) is 0 Å². The number of aliphatic hydroxyl groups excluding tert-OH is 1. The molecule has 0 atom stereocenters. The highest BCUT2D eigenvalue weighted by atomic mass is 35.5. The van der Waals surface area contributed by atoms with Crippen molar-refractivity contribution in [3.63, 3.8) is 0 Å². The molecule has 0 spiro atoms. The van der Waals surface area contributed by atoms with Gasteiger partial charge >= 0.3 is 0 Å². The number of carbonyl (C=O) groups is 1. The van der Waals surface area contributed by atoms with Crippen LogP contribution in [-0.2, 0) is 4.79 Å². The molecular formula is C13H18ClNO2S. The summed E-state index contributed by atoms with van der Waals surface area (Å²) in [6.45, 7) is 4.60. The van der Waals surface area contributed by atoms with Gasteiger partial charge in [0, 0.05) is 30.1 Å². The maximum absolute atomic E-state index is 12.0. The first-order valence-corrected chi connectivity index (χ1v) is 7.09. The molecule has 1 amide bonds. The van der Waals surface area contributed by atoms with E-state index in [2.05, 4.69) is 0 Å². The summed E-state index contributed by atoms with van der Waals surface area (Å²) in [5, 5.41) is 8.82. The Hall–Kier alpha value is -0.840. The van der Waals surface area contributed by atoms with Gasteiger partial charge in [0.25, 0.3) is 0 Å². The number of carbonyl (C=O) groups excluding carboxylic acids is 1. The maximum atomic E-state index is 12.0. The highest BCUT2D eigenvalue weighted by Crippen LogP contribution is 2.22. The van der Waals surface area contributed by atoms with Crippen LogP contribution in [0.1, 0.15) is 25.1 Å². The minimum Gasteiger partial charge on any atom is -0.396 e. The lowest BCUT2D eigenvalue weighted by Crippen LogP contribution is -2.36. The number of hydrogen-bond acceptors (Lipinski definition) is 3. The van der Waals surface area contributed by atoms with E-state index in [-0.39, 0.29) is 18.6 Å². The Morgan fingerprint density at radius 1 is 1.56 bits per heavy atom. The van der Waals surface area contributed by atoms with Gasteiger partial charge in [-0.2, -0.15) is 0 Å². The molecule has 1 aromatic heterocycles. The second kappa shape index (κ2) is 7.56. The monoisotopic (exact) mass is 287 g/mol. The van der Waals surface area contributed by atoms with Crippen LogP contribution in [0.15, 0.2) is 18.2 Å². The summed E-state index contributed by atoms with van der Waals surface area (Å²) in [4.78, 5) is 14.7. The molecule has 1 heterocycles. The molecule has 0 aromatic carbocycles. The Kier molecular flexibility index (Phi) is 6.39. The van der Waals surface area contributed by atoms with Gasteiger partial charge in [0.05, 0.1) is 4.34 Å². The Labute approximate surface area is 117 Å². The fourth-order valence-corrected chi connectivity index (χ4v) is 2.49. The zero-order valence-electron chi connectivity index (χ0n) is 10.6. The predicted molar refractivity (Wildman–Crippen MR) is 76.9 cm³/mol. The van der Waals surface area contributed by atoms with Gasteiger partial charge in [0.1, 0.15) is 0 Å². The Balaban J connectivity index is 2.63. The van der Waals surface area contributed by atoms with Gasteiger partial charge in [0.15, 0.2) is 0 Å². The third kappa shape index (κ3) is 4.80. The molecule has 1 N–H and O–H groups in total. The lowest BCUT2D eigenvalue weighted by molar-refractivity contribution is -0.127. The molecule has 0 aliphatic heterocycles. The minimum absolute atomic E-state index is 0.0389. The number of hydrogen-bond donors (Lipinski definition) is 1. The molecule has 0 bridgehead atoms. The van der Waals surface area contributed by atoms with Crippen LogP contribution < -0.4 is 0 Å². The molecule has 0 saturated carbocycles. The van der Waals surface area contributed by atoms with Crippen molar-refractivity contribution in [2.75, 3.05) is 13.2 Å². The van der Waals surface area contributed by atoms with Gasteiger partial charge in [-0.05, 0) is 38.5 Å². The third-order valence-electron chi connectivity index (χ3n) is 2.45. The molecule has 3 nitrogen and oxygen atoms in total. The molecule has 100 valence electrons. The molecule has 0 radical (unpaired) electrons. The van der Waals surface area contributed by atoms with Gasteiger partial charge in [-0.25, -0.2) is 0 Å². The van der Waals surface area contributed by atoms with E-state index in [1.54, 1.807) is 17.1 Å². The first-order valence-electron chi connectivity index (χ1n) is 5.89. The quantitative estimate of drug-likeness (QED) is 0.817. The normalized spacial score (nSPS) is 11.4. The van der Waals surface area contributed by atoms with E-state index in [0.717, 1.165) is 4.88 Å². The first-order chi connectivity index (χ1) is 8.54. The van der Waals surface area contributed by atoms with Crippen LogP contribution in [0.2, 0.25) is 4.34 Å². The van der Waals surface area contributed by atoms with Crippen LogP contribution in [0.3, 0.4) is 0 Å². The highest BCUT2D eigenvalue weighted by Gasteiger charge is 2.13. The summed E-state index contributed by atoms with van der Waals surface area (Å²) in [5.74, 6) is -0.0389. The predicted octanol–water partition coefficient (Wildman–Crippen LogP) is 3.03. The maximum Gasteiger partial charge on any atom is 0.246 e. The summed E-state index contributed by atoms with van der Waals surface area (Å²) in [6.07, 6.45) is 3.93. The number of nitrogens with zero attached hydrogens (tertiary/aromatic N) is 1. The lowest BCUT2D eigenvalue weighted by atomic mass is 10.2. The topological polar surface area (TPSA) is 40.5 Å². The van der Waals surface area contributed by atoms with Crippen molar-refractivity contribution in [2.24, 2.45) is 0 Å². The Morgan fingerprint density at radius 3 is 2.78 bits per heavy atom. The smallest absolute Gasteiger partial charge is 0.246 e. The summed E-state index contributed by atoms with van der Waals surface area (Å²) in [7, 11) is 0. The number of amides is 1. The lowest BCUT2D eigenvalue weighted by Gasteiger charge is -2.25. The molecule has 0 aliphatic rings. The Bertz CT molecular complexity index is 415. The van der Waals surface area contributed by atoms with E-state index in [9.17, 15) is 4.79 Å². The summed E-state index contributed by atoms with van der Waals surface area (Å²) >= 11 is 7.25. The molecule has 0 saturated heterocycles. The zero-order valence-corrected chi connectivity index (χ0v) is 12.2. The van der Waals surface area contributed by atoms with Crippen LogP contribution in [-0.4, -0.2) is 35.1 Å². The van der Waals surface area contributed by atoms with E-state index in [0.29, 0.717) is 17.3 Å². The van der Waals surface area contributed by atoms with Crippen molar-refractivity contribution >= 4 is 34.9 Å². The average molecular weight is 288 g/mol. The fourth-order valence-electron chi connectivity index (χ4n) is 1.53. The molecule has 18 heavy (non-hydrogen) atoms. The molecular weight excluding hydrogens is 270 g/mol. The standard InChI is InChI=1S/C13H18ClNO2S/c1-10(2)15(8-3-9-16)13(17)7-5-11-4-6-12(14)18-11/h4-7,10,16H,3,8-9H2,1-2H3/b7-5+. The first kappa shape index (κ1) is 15.2. The van der Waals surface area contributed by atoms with Gasteiger partial charge in [0.2, 0.25) is 5.91 Å². The minimum atomic E-state index is -0.0389. The third-order valence-corrected chi connectivity index (χ3v) is 3.64. The van der Waals surface area contributed by atoms with Gasteiger partial charge < -0.3 is 10.0 Å². The van der Waals surface area contributed by atoms with Crippen molar-refractivity contribution in [1.82, 2.24) is 4.90 Å². The molecule has 1 aromatic rings. The number of thiophene rings is 1. The van der Waals surface area contributed by atoms with E-state index in [1.807, 2.05) is 26.0 Å². The number of aliphatic hydroxyl groups is 1. The van der Waals surface area contributed by atoms with E-state index in [4.69, 9.17) is 16.7 Å². The zero-order chi connectivity index (χ0) is 13.5. The van der Waals surface area contributed by atoms with Crippen LogP contribution in [0.4, 0.5) is 0 Å². The largest absolute Gasteiger partial charge is 0.396 e. The van der Waals surface area contributed by atoms with Gasteiger partial charge in [-0.15, -0.1) is 11.3 Å². The SMILES string of the molecule is CC(C)N(CCCO)C(=O)/C=C/c1ccc(Cl)s1. The number of halogens is 1. The van der Waals surface area contributed by atoms with Crippen LogP contribution >= 0.6 is 22.9 Å². The second-order valence-corrected chi connectivity index (χ2v) is 5.92. The summed E-state index contributed by atoms with van der Waals surface area (Å²) < 4.78 is 0.711. The molecule has 0 unspecified atom stereocenters. The highest BCUT2D eigenvalue weighted by molar-refractivity contribution is 7.17. The molecule has 1 rings (SSSR count). The summed E-state index contributed by atoms with van der Waals surface area (Å²) in [5.41, 5.74) is 0. The second-order valence-electron chi connectivity index (χ2n) is 4.18. The van der Waals surface area contributed by atoms with Crippen molar-refractivity contribution in [1.29, 1.82) is 0 Å².